The van der Waals surface area contributed by atoms with E-state index in [-0.39, 0.29) is 60.3 Å². The Morgan fingerprint density at radius 3 is 1.59 bits per heavy atom. The first-order chi connectivity index (χ1) is 25.6. The Morgan fingerprint density at radius 1 is 0.667 bits per heavy atom. The minimum Gasteiger partial charge on any atom is -0.507 e. The number of rotatable bonds is 28. The predicted octanol–water partition coefficient (Wildman–Crippen LogP) is 1.03. The van der Waals surface area contributed by atoms with Crippen LogP contribution in [0.5, 0.6) is 11.5 Å². The number of nitrogens with zero attached hydrogens (tertiary/aromatic N) is 2. The summed E-state index contributed by atoms with van der Waals surface area (Å²) in [7, 11) is -8.59. The summed E-state index contributed by atoms with van der Waals surface area (Å²) in [5.74, 6) is -1.05. The van der Waals surface area contributed by atoms with Crippen LogP contribution in [-0.4, -0.2) is 142 Å². The van der Waals surface area contributed by atoms with E-state index >= 15 is 0 Å². The number of carbonyl (C=O) groups excluding carboxylic acids is 1. The molecule has 2 aromatic rings. The number of aliphatic hydroxyl groups is 5. The van der Waals surface area contributed by atoms with E-state index in [2.05, 4.69) is 0 Å². The van der Waals surface area contributed by atoms with Gasteiger partial charge in [0.05, 0.1) is 64.9 Å². The number of Topliss-reactive ketones (excluding diaryl/α,β-unsaturated/α-hetero) is 1. The van der Waals surface area contributed by atoms with Crippen LogP contribution in [0, 0.1) is 0 Å². The van der Waals surface area contributed by atoms with Crippen LogP contribution in [-0.2, 0) is 36.6 Å². The summed E-state index contributed by atoms with van der Waals surface area (Å²) in [5.41, 5.74) is -0.0641. The minimum atomic E-state index is -5.06. The molecule has 0 aliphatic heterocycles. The summed E-state index contributed by atoms with van der Waals surface area (Å²) in [6.07, 6.45) is -0.900. The molecule has 0 bridgehead atoms. The number of hydrogen-bond acceptors (Lipinski definition) is 14. The number of benzene rings is 2. The molecule has 0 aliphatic rings. The summed E-state index contributed by atoms with van der Waals surface area (Å²) < 4.78 is 35.7. The number of unbranched alkanes of at least 4 members (excludes halogenated alkanes) is 2. The summed E-state index contributed by atoms with van der Waals surface area (Å²) >= 11 is 0. The van der Waals surface area contributed by atoms with E-state index in [0.717, 1.165) is 9.80 Å². The van der Waals surface area contributed by atoms with E-state index in [1.165, 1.54) is 43.5 Å². The molecule has 0 aliphatic carbocycles. The van der Waals surface area contributed by atoms with Crippen molar-refractivity contribution in [3.8, 4) is 11.5 Å². The average molecular weight is 811 g/mol. The van der Waals surface area contributed by atoms with Gasteiger partial charge in [0.25, 0.3) is 0 Å². The molecule has 4 unspecified atom stereocenters. The first-order valence-electron chi connectivity index (χ1n) is 17.4. The van der Waals surface area contributed by atoms with E-state index < -0.39 is 96.5 Å². The Kier molecular flexibility index (Phi) is 20.9. The molecule has 0 aromatic heterocycles. The number of methoxy groups -OCH3 is 1. The lowest BCUT2D eigenvalue weighted by atomic mass is 9.92. The zero-order chi connectivity index (χ0) is 40.5. The van der Waals surface area contributed by atoms with Crippen molar-refractivity contribution in [3.63, 3.8) is 0 Å². The van der Waals surface area contributed by atoms with Gasteiger partial charge in [-0.2, -0.15) is 0 Å². The molecule has 11 N–H and O–H groups in total. The van der Waals surface area contributed by atoms with Gasteiger partial charge in [-0.15, -0.1) is 0 Å². The van der Waals surface area contributed by atoms with E-state index in [4.69, 9.17) is 9.47 Å². The van der Waals surface area contributed by atoms with Crippen molar-refractivity contribution in [1.29, 1.82) is 0 Å². The highest BCUT2D eigenvalue weighted by molar-refractivity contribution is 7.51. The van der Waals surface area contributed by atoms with Gasteiger partial charge in [-0.05, 0) is 12.8 Å². The number of hydrogen-bond donors (Lipinski definition) is 11. The Balaban J connectivity index is 2.69. The Labute approximate surface area is 314 Å². The maximum atomic E-state index is 12.8. The molecular weight excluding hydrogens is 754 g/mol. The van der Waals surface area contributed by atoms with E-state index in [1.54, 1.807) is 0 Å². The minimum absolute atomic E-state index is 0.0259. The fraction of sp³-hybridized carbons (Fsp3) is 0.618. The maximum absolute atomic E-state index is 12.8. The first-order valence-corrected chi connectivity index (χ1v) is 21.0. The van der Waals surface area contributed by atoms with Crippen LogP contribution in [0.25, 0.3) is 0 Å². The molecule has 0 saturated carbocycles. The molecular formula is C34H56N2O16P2. The van der Waals surface area contributed by atoms with Crippen LogP contribution >= 0.6 is 15.2 Å². The molecule has 0 amide bonds. The highest BCUT2D eigenvalue weighted by Gasteiger charge is 2.43. The molecule has 54 heavy (non-hydrogen) atoms. The SMILES string of the molecule is COCCOCCC(=O)CCCCCC(C(CO)N(CP(=O)(O)O)C(CO)c1cccc(CO)c1O)N(CP(=O)(O)O)C(CO)c1cccc(CO)c1O. The van der Waals surface area contributed by atoms with Crippen molar-refractivity contribution in [1.82, 2.24) is 9.80 Å². The summed E-state index contributed by atoms with van der Waals surface area (Å²) in [6, 6.07) is 2.68. The standard InChI is InChI=1S/C34H56N2O16P2/c1-51-15-16-52-14-13-26(42)9-3-2-4-12-29(35(22-53(45,46)47)30(19-39)27-10-5-7-24(17-37)33(27)43)32(21-41)36(23-54(48,49)50)31(20-40)28-11-6-8-25(18-38)34(28)44/h5-8,10-11,29-32,37-41,43-44H,2-4,9,12-23H2,1H3,(H2,45,46,47)(H2,48,49,50). The number of aromatic hydroxyl groups is 2. The third kappa shape index (κ3) is 15.0. The molecule has 0 heterocycles. The molecule has 0 fully saturated rings. The van der Waals surface area contributed by atoms with Gasteiger partial charge in [0.2, 0.25) is 0 Å². The van der Waals surface area contributed by atoms with Crippen molar-refractivity contribution in [2.75, 3.05) is 59.3 Å². The molecule has 0 spiro atoms. The quantitative estimate of drug-likeness (QED) is 0.0422. The second-order valence-electron chi connectivity index (χ2n) is 12.9. The fourth-order valence-electron chi connectivity index (χ4n) is 6.51. The molecule has 4 atom stereocenters. The van der Waals surface area contributed by atoms with Crippen LogP contribution in [0.3, 0.4) is 0 Å². The lowest BCUT2D eigenvalue weighted by Crippen LogP contribution is -2.56. The van der Waals surface area contributed by atoms with Gasteiger partial charge in [-0.25, -0.2) is 0 Å². The van der Waals surface area contributed by atoms with Gasteiger partial charge in [0, 0.05) is 54.3 Å². The third-order valence-electron chi connectivity index (χ3n) is 9.10. The summed E-state index contributed by atoms with van der Waals surface area (Å²) in [6.45, 7) is -3.00. The Morgan fingerprint density at radius 2 is 1.17 bits per heavy atom. The van der Waals surface area contributed by atoms with Crippen LogP contribution < -0.4 is 0 Å². The number of carbonyl (C=O) groups is 1. The molecule has 2 aromatic carbocycles. The summed E-state index contributed by atoms with van der Waals surface area (Å²) in [5, 5.41) is 74.1. The fourth-order valence-corrected chi connectivity index (χ4v) is 8.17. The van der Waals surface area contributed by atoms with Crippen molar-refractivity contribution < 1.29 is 78.7 Å². The molecule has 0 saturated heterocycles. The van der Waals surface area contributed by atoms with Crippen molar-refractivity contribution in [2.45, 2.75) is 75.9 Å². The van der Waals surface area contributed by atoms with Crippen LogP contribution in [0.15, 0.2) is 36.4 Å². The molecule has 308 valence electrons. The molecule has 20 heteroatoms. The monoisotopic (exact) mass is 810 g/mol. The Bertz CT molecular complexity index is 1520. The van der Waals surface area contributed by atoms with Gasteiger partial charge in [-0.1, -0.05) is 49.2 Å². The van der Waals surface area contributed by atoms with Crippen LogP contribution in [0.1, 0.15) is 72.9 Å². The highest BCUT2D eigenvalue weighted by atomic mass is 31.2. The molecule has 18 nitrogen and oxygen atoms in total. The van der Waals surface area contributed by atoms with E-state index in [9.17, 15) is 69.2 Å². The lowest BCUT2D eigenvalue weighted by molar-refractivity contribution is -0.120. The van der Waals surface area contributed by atoms with Gasteiger partial charge < -0.3 is 64.8 Å². The lowest BCUT2D eigenvalue weighted by Gasteiger charge is -2.47. The van der Waals surface area contributed by atoms with Crippen molar-refractivity contribution >= 4 is 21.0 Å². The Hall–Kier alpha value is -2.35. The zero-order valence-corrected chi connectivity index (χ0v) is 32.1. The number of phenols is 2. The van der Waals surface area contributed by atoms with Crippen LogP contribution in [0.2, 0.25) is 0 Å². The number of aliphatic hydroxyl groups excluding tert-OH is 5. The second-order valence-corrected chi connectivity index (χ2v) is 16.1. The molecule has 2 rings (SSSR count). The predicted molar refractivity (Wildman–Crippen MR) is 195 cm³/mol. The van der Waals surface area contributed by atoms with E-state index in [0.29, 0.717) is 26.1 Å². The van der Waals surface area contributed by atoms with E-state index in [1.807, 2.05) is 0 Å². The smallest absolute Gasteiger partial charge is 0.339 e. The molecule has 0 radical (unpaired) electrons. The zero-order valence-electron chi connectivity index (χ0n) is 30.3. The average Bonchev–Trinajstić information content (AvgIpc) is 3.11. The highest BCUT2D eigenvalue weighted by Crippen LogP contribution is 2.46. The number of ketones is 1. The van der Waals surface area contributed by atoms with Crippen molar-refractivity contribution in [2.24, 2.45) is 0 Å². The largest absolute Gasteiger partial charge is 0.507 e. The second kappa shape index (κ2) is 23.7. The van der Waals surface area contributed by atoms with Gasteiger partial charge in [0.15, 0.2) is 0 Å². The maximum Gasteiger partial charge on any atom is 0.339 e. The first kappa shape index (κ1) is 47.8. The third-order valence-corrected chi connectivity index (χ3v) is 10.5. The van der Waals surface area contributed by atoms with Crippen LogP contribution in [0.4, 0.5) is 0 Å². The number of ether oxygens (including phenoxy) is 2. The van der Waals surface area contributed by atoms with Gasteiger partial charge in [-0.3, -0.25) is 23.7 Å². The summed E-state index contributed by atoms with van der Waals surface area (Å²) in [4.78, 5) is 55.7. The van der Waals surface area contributed by atoms with Gasteiger partial charge in [0.1, 0.15) is 29.9 Å². The number of para-hydroxylation sites is 2. The normalized spacial score (nSPS) is 14.7. The van der Waals surface area contributed by atoms with Gasteiger partial charge >= 0.3 is 15.2 Å². The topological polar surface area (TPSA) is 299 Å². The van der Waals surface area contributed by atoms with Crippen molar-refractivity contribution in [3.05, 3.63) is 58.7 Å².